The first-order chi connectivity index (χ1) is 15.2. The monoisotopic (exact) mass is 430 g/mol. The summed E-state index contributed by atoms with van der Waals surface area (Å²) in [6.07, 6.45) is 1.80. The summed E-state index contributed by atoms with van der Waals surface area (Å²) in [5, 5.41) is 10.4. The fourth-order valence-electron chi connectivity index (χ4n) is 3.04. The molecule has 0 saturated heterocycles. The SMILES string of the molecule is CCOc1cc(/C=C(\C#N)c2nc3ccccc3s2)ccc1OCc1ccc(F)cc1. The van der Waals surface area contributed by atoms with Gasteiger partial charge in [-0.05, 0) is 60.5 Å². The van der Waals surface area contributed by atoms with Gasteiger partial charge >= 0.3 is 0 Å². The van der Waals surface area contributed by atoms with Crippen molar-refractivity contribution in [3.8, 4) is 17.6 Å². The van der Waals surface area contributed by atoms with Crippen molar-refractivity contribution in [1.82, 2.24) is 4.98 Å². The summed E-state index contributed by atoms with van der Waals surface area (Å²) < 4.78 is 25.7. The number of benzene rings is 3. The van der Waals surface area contributed by atoms with Gasteiger partial charge < -0.3 is 9.47 Å². The standard InChI is InChI=1S/C25H19FN2O2S/c1-2-29-23-14-18(9-12-22(23)30-16-17-7-10-20(26)11-8-17)13-19(15-27)25-28-21-5-3-4-6-24(21)31-25/h3-14H,2,16H2,1H3/b19-13+. The van der Waals surface area contributed by atoms with E-state index in [0.29, 0.717) is 35.3 Å². The van der Waals surface area contributed by atoms with Crippen LogP contribution in [0.15, 0.2) is 66.7 Å². The van der Waals surface area contributed by atoms with Crippen LogP contribution in [-0.2, 0) is 6.61 Å². The molecule has 0 spiro atoms. The Morgan fingerprint density at radius 1 is 1.06 bits per heavy atom. The van der Waals surface area contributed by atoms with Crippen molar-refractivity contribution < 1.29 is 13.9 Å². The molecule has 4 nitrogen and oxygen atoms in total. The predicted molar refractivity (Wildman–Crippen MR) is 121 cm³/mol. The summed E-state index contributed by atoms with van der Waals surface area (Å²) in [5.74, 6) is 0.887. The zero-order chi connectivity index (χ0) is 21.6. The van der Waals surface area contributed by atoms with E-state index in [4.69, 9.17) is 9.47 Å². The minimum absolute atomic E-state index is 0.281. The third-order valence-corrected chi connectivity index (χ3v) is 5.60. The van der Waals surface area contributed by atoms with Crippen LogP contribution in [0.4, 0.5) is 4.39 Å². The van der Waals surface area contributed by atoms with Crippen LogP contribution < -0.4 is 9.47 Å². The molecule has 3 aromatic carbocycles. The van der Waals surface area contributed by atoms with E-state index in [9.17, 15) is 9.65 Å². The summed E-state index contributed by atoms with van der Waals surface area (Å²) in [5.41, 5.74) is 3.04. The van der Waals surface area contributed by atoms with E-state index >= 15 is 0 Å². The highest BCUT2D eigenvalue weighted by atomic mass is 32.1. The summed E-state index contributed by atoms with van der Waals surface area (Å²) in [7, 11) is 0. The molecule has 0 saturated carbocycles. The molecule has 31 heavy (non-hydrogen) atoms. The number of halogens is 1. The van der Waals surface area contributed by atoms with Gasteiger partial charge in [0.15, 0.2) is 11.5 Å². The van der Waals surface area contributed by atoms with E-state index in [1.54, 1.807) is 18.2 Å². The zero-order valence-corrected chi connectivity index (χ0v) is 17.7. The van der Waals surface area contributed by atoms with E-state index in [2.05, 4.69) is 11.1 Å². The van der Waals surface area contributed by atoms with Crippen molar-refractivity contribution in [1.29, 1.82) is 5.26 Å². The van der Waals surface area contributed by atoms with Crippen molar-refractivity contribution in [3.05, 3.63) is 88.7 Å². The summed E-state index contributed by atoms with van der Waals surface area (Å²) in [6.45, 7) is 2.67. The Morgan fingerprint density at radius 3 is 2.61 bits per heavy atom. The van der Waals surface area contributed by atoms with Crippen LogP contribution in [-0.4, -0.2) is 11.6 Å². The predicted octanol–water partition coefficient (Wildman–Crippen LogP) is 6.48. The number of ether oxygens (including phenoxy) is 2. The minimum atomic E-state index is -0.281. The molecule has 0 radical (unpaired) electrons. The molecule has 6 heteroatoms. The number of thiazole rings is 1. The van der Waals surface area contributed by atoms with Gasteiger partial charge in [0.25, 0.3) is 0 Å². The van der Waals surface area contributed by atoms with Crippen molar-refractivity contribution in [2.75, 3.05) is 6.61 Å². The number of aromatic nitrogens is 1. The summed E-state index contributed by atoms with van der Waals surface area (Å²) in [6, 6.07) is 21.8. The maximum Gasteiger partial charge on any atom is 0.161 e. The molecule has 154 valence electrons. The van der Waals surface area contributed by atoms with E-state index in [-0.39, 0.29) is 5.82 Å². The highest BCUT2D eigenvalue weighted by molar-refractivity contribution is 7.19. The van der Waals surface area contributed by atoms with Crippen LogP contribution in [0.1, 0.15) is 23.1 Å². The Labute approximate surface area is 183 Å². The molecule has 4 aromatic rings. The molecule has 0 aliphatic rings. The average Bonchev–Trinajstić information content (AvgIpc) is 3.22. The Balaban J connectivity index is 1.59. The lowest BCUT2D eigenvalue weighted by Gasteiger charge is -2.13. The Bertz CT molecular complexity index is 1240. The first kappa shape index (κ1) is 20.6. The number of nitrogens with zero attached hydrogens (tertiary/aromatic N) is 2. The zero-order valence-electron chi connectivity index (χ0n) is 16.8. The maximum atomic E-state index is 13.1. The van der Waals surface area contributed by atoms with Crippen LogP contribution in [0.3, 0.4) is 0 Å². The van der Waals surface area contributed by atoms with Crippen LogP contribution in [0, 0.1) is 17.1 Å². The fraction of sp³-hybridized carbons (Fsp3) is 0.120. The second kappa shape index (κ2) is 9.41. The van der Waals surface area contributed by atoms with Gasteiger partial charge in [0, 0.05) is 0 Å². The first-order valence-corrected chi connectivity index (χ1v) is 10.6. The van der Waals surface area contributed by atoms with Crippen LogP contribution >= 0.6 is 11.3 Å². The second-order valence-electron chi connectivity index (χ2n) is 6.71. The second-order valence-corrected chi connectivity index (χ2v) is 7.74. The van der Waals surface area contributed by atoms with E-state index in [0.717, 1.165) is 21.3 Å². The van der Waals surface area contributed by atoms with Crippen molar-refractivity contribution in [2.24, 2.45) is 0 Å². The Morgan fingerprint density at radius 2 is 1.87 bits per heavy atom. The number of para-hydroxylation sites is 1. The van der Waals surface area contributed by atoms with Gasteiger partial charge in [-0.1, -0.05) is 30.3 Å². The Kier molecular flexibility index (Phi) is 6.25. The minimum Gasteiger partial charge on any atom is -0.490 e. The molecular weight excluding hydrogens is 411 g/mol. The maximum absolute atomic E-state index is 13.1. The molecule has 4 rings (SSSR count). The highest BCUT2D eigenvalue weighted by Gasteiger charge is 2.11. The van der Waals surface area contributed by atoms with Crippen LogP contribution in [0.25, 0.3) is 21.9 Å². The van der Waals surface area contributed by atoms with Crippen molar-refractivity contribution in [3.63, 3.8) is 0 Å². The number of fused-ring (bicyclic) bond motifs is 1. The molecule has 0 fully saturated rings. The van der Waals surface area contributed by atoms with Gasteiger partial charge in [0.05, 0.1) is 22.4 Å². The smallest absolute Gasteiger partial charge is 0.161 e. The summed E-state index contributed by atoms with van der Waals surface area (Å²) >= 11 is 1.49. The molecule has 0 amide bonds. The van der Waals surface area contributed by atoms with Crippen molar-refractivity contribution >= 4 is 33.2 Å². The van der Waals surface area contributed by atoms with E-state index in [1.165, 1.54) is 23.5 Å². The Hall–Kier alpha value is -3.69. The molecule has 0 atom stereocenters. The van der Waals surface area contributed by atoms with E-state index in [1.807, 2.05) is 49.4 Å². The largest absolute Gasteiger partial charge is 0.490 e. The third-order valence-electron chi connectivity index (χ3n) is 4.53. The van der Waals surface area contributed by atoms with Gasteiger partial charge in [-0.15, -0.1) is 11.3 Å². The van der Waals surface area contributed by atoms with Gasteiger partial charge in [-0.3, -0.25) is 0 Å². The van der Waals surface area contributed by atoms with Crippen LogP contribution in [0.2, 0.25) is 0 Å². The van der Waals surface area contributed by atoms with Gasteiger partial charge in [0.1, 0.15) is 23.5 Å². The van der Waals surface area contributed by atoms with Crippen molar-refractivity contribution in [2.45, 2.75) is 13.5 Å². The number of hydrogen-bond acceptors (Lipinski definition) is 5. The lowest BCUT2D eigenvalue weighted by Crippen LogP contribution is -2.00. The molecule has 0 N–H and O–H groups in total. The molecular formula is C25H19FN2O2S. The van der Waals surface area contributed by atoms with Gasteiger partial charge in [0.2, 0.25) is 0 Å². The fourth-order valence-corrected chi connectivity index (χ4v) is 3.97. The van der Waals surface area contributed by atoms with E-state index < -0.39 is 0 Å². The average molecular weight is 431 g/mol. The quantitative estimate of drug-likeness (QED) is 0.315. The highest BCUT2D eigenvalue weighted by Crippen LogP contribution is 2.32. The molecule has 0 aliphatic heterocycles. The number of hydrogen-bond donors (Lipinski definition) is 0. The van der Waals surface area contributed by atoms with Gasteiger partial charge in [-0.25, -0.2) is 9.37 Å². The lowest BCUT2D eigenvalue weighted by molar-refractivity contribution is 0.269. The lowest BCUT2D eigenvalue weighted by atomic mass is 10.1. The number of nitriles is 1. The normalized spacial score (nSPS) is 11.3. The molecule has 0 bridgehead atoms. The summed E-state index contributed by atoms with van der Waals surface area (Å²) in [4.78, 5) is 4.57. The van der Waals surface area contributed by atoms with Crippen LogP contribution in [0.5, 0.6) is 11.5 Å². The molecule has 0 aliphatic carbocycles. The van der Waals surface area contributed by atoms with Gasteiger partial charge in [-0.2, -0.15) is 5.26 Å². The molecule has 1 heterocycles. The number of allylic oxidation sites excluding steroid dienone is 1. The molecule has 0 unspecified atom stereocenters. The third kappa shape index (κ3) is 4.90. The molecule has 1 aromatic heterocycles. The first-order valence-electron chi connectivity index (χ1n) is 9.78. The number of rotatable bonds is 7. The topological polar surface area (TPSA) is 55.1 Å².